The van der Waals surface area contributed by atoms with Crippen LogP contribution in [0.2, 0.25) is 0 Å². The molecule has 164 valence electrons. The number of amides is 1. The van der Waals surface area contributed by atoms with Crippen molar-refractivity contribution in [3.8, 4) is 0 Å². The Bertz CT molecular complexity index is 945. The molecule has 0 saturated heterocycles. The van der Waals surface area contributed by atoms with Crippen molar-refractivity contribution in [1.29, 1.82) is 0 Å². The van der Waals surface area contributed by atoms with Crippen LogP contribution in [-0.4, -0.2) is 39.8 Å². The molecule has 1 atom stereocenters. The van der Waals surface area contributed by atoms with E-state index in [1.54, 1.807) is 72.0 Å². The number of fused-ring (bicyclic) bond motifs is 1. The number of carbonyl (C=O) groups excluding carboxylic acids is 3. The summed E-state index contributed by atoms with van der Waals surface area (Å²) >= 11 is 0. The second kappa shape index (κ2) is 8.50. The second-order valence-electron chi connectivity index (χ2n) is 9.67. The van der Waals surface area contributed by atoms with Crippen LogP contribution in [0.3, 0.4) is 0 Å². The highest BCUT2D eigenvalue weighted by molar-refractivity contribution is 6.01. The van der Waals surface area contributed by atoms with Gasteiger partial charge in [0.15, 0.2) is 0 Å². The lowest BCUT2D eigenvalue weighted by molar-refractivity contribution is -0.158. The summed E-state index contributed by atoms with van der Waals surface area (Å²) in [6, 6.07) is 5.96. The highest BCUT2D eigenvalue weighted by Crippen LogP contribution is 2.20. The fraction of sp³-hybridized carbons (Fsp3) is 0.522. The van der Waals surface area contributed by atoms with E-state index in [1.807, 2.05) is 13.8 Å². The average Bonchev–Trinajstić information content (AvgIpc) is 2.99. The van der Waals surface area contributed by atoms with Crippen molar-refractivity contribution in [1.82, 2.24) is 9.88 Å². The van der Waals surface area contributed by atoms with Crippen molar-refractivity contribution < 1.29 is 23.9 Å². The Kier molecular flexibility index (Phi) is 6.64. The molecule has 0 aliphatic heterocycles. The van der Waals surface area contributed by atoms with Gasteiger partial charge in [-0.25, -0.2) is 9.59 Å². The Morgan fingerprint density at radius 1 is 0.933 bits per heavy atom. The van der Waals surface area contributed by atoms with E-state index in [-0.39, 0.29) is 11.8 Å². The molecule has 0 unspecified atom stereocenters. The quantitative estimate of drug-likeness (QED) is 0.741. The molecule has 1 amide bonds. The minimum Gasteiger partial charge on any atom is -0.458 e. The maximum atomic E-state index is 12.8. The molecule has 2 aromatic rings. The van der Waals surface area contributed by atoms with Gasteiger partial charge in [-0.05, 0) is 71.7 Å². The van der Waals surface area contributed by atoms with Crippen molar-refractivity contribution in [2.45, 2.75) is 72.6 Å². The zero-order chi connectivity index (χ0) is 22.9. The zero-order valence-corrected chi connectivity index (χ0v) is 19.0. The normalized spacial score (nSPS) is 13.2. The van der Waals surface area contributed by atoms with Gasteiger partial charge in [0.05, 0.1) is 5.52 Å². The van der Waals surface area contributed by atoms with Gasteiger partial charge in [-0.2, -0.15) is 0 Å². The molecule has 0 bridgehead atoms. The maximum Gasteiger partial charge on any atom is 0.418 e. The molecule has 0 aliphatic carbocycles. The van der Waals surface area contributed by atoms with E-state index < -0.39 is 29.3 Å². The molecule has 30 heavy (non-hydrogen) atoms. The summed E-state index contributed by atoms with van der Waals surface area (Å²) in [5.74, 6) is -0.990. The van der Waals surface area contributed by atoms with Crippen LogP contribution in [0.5, 0.6) is 0 Å². The lowest BCUT2D eigenvalue weighted by atomic mass is 10.0. The first-order chi connectivity index (χ1) is 13.7. The van der Waals surface area contributed by atoms with Crippen LogP contribution in [0, 0.1) is 5.92 Å². The third kappa shape index (κ3) is 6.08. The van der Waals surface area contributed by atoms with Gasteiger partial charge in [-0.3, -0.25) is 9.36 Å². The SMILES string of the molecule is CC(C)[C@H](NC(=O)c1ccc2c(ccn2C(=O)OC(C)(C)C)c1)C(=O)OC(C)(C)C. The Morgan fingerprint density at radius 2 is 1.53 bits per heavy atom. The van der Waals surface area contributed by atoms with E-state index >= 15 is 0 Å². The molecule has 1 heterocycles. The number of esters is 1. The molecule has 7 nitrogen and oxygen atoms in total. The molecular formula is C23H32N2O5. The van der Waals surface area contributed by atoms with Crippen molar-refractivity contribution >= 4 is 28.9 Å². The summed E-state index contributed by atoms with van der Waals surface area (Å²) < 4.78 is 12.2. The molecule has 2 rings (SSSR count). The molecule has 0 radical (unpaired) electrons. The fourth-order valence-corrected chi connectivity index (χ4v) is 2.84. The highest BCUT2D eigenvalue weighted by atomic mass is 16.6. The van der Waals surface area contributed by atoms with Gasteiger partial charge in [0, 0.05) is 17.1 Å². The van der Waals surface area contributed by atoms with E-state index in [0.29, 0.717) is 16.5 Å². The van der Waals surface area contributed by atoms with Crippen molar-refractivity contribution in [2.24, 2.45) is 5.92 Å². The minimum atomic E-state index is -0.765. The Balaban J connectivity index is 2.23. The highest BCUT2D eigenvalue weighted by Gasteiger charge is 2.29. The summed E-state index contributed by atoms with van der Waals surface area (Å²) in [6.07, 6.45) is 1.12. The monoisotopic (exact) mass is 416 g/mol. The first-order valence-electron chi connectivity index (χ1n) is 10.1. The number of hydrogen-bond donors (Lipinski definition) is 1. The van der Waals surface area contributed by atoms with Crippen LogP contribution in [0.1, 0.15) is 65.7 Å². The van der Waals surface area contributed by atoms with Gasteiger partial charge in [0.2, 0.25) is 0 Å². The van der Waals surface area contributed by atoms with Crippen molar-refractivity contribution in [2.75, 3.05) is 0 Å². The van der Waals surface area contributed by atoms with Gasteiger partial charge >= 0.3 is 12.1 Å². The van der Waals surface area contributed by atoms with Crippen LogP contribution < -0.4 is 5.32 Å². The zero-order valence-electron chi connectivity index (χ0n) is 19.0. The predicted molar refractivity (Wildman–Crippen MR) is 116 cm³/mol. The van der Waals surface area contributed by atoms with Gasteiger partial charge in [-0.1, -0.05) is 13.8 Å². The minimum absolute atomic E-state index is 0.138. The summed E-state index contributed by atoms with van der Waals surface area (Å²) in [5.41, 5.74) is -0.230. The summed E-state index contributed by atoms with van der Waals surface area (Å²) in [5, 5.41) is 3.48. The number of hydrogen-bond acceptors (Lipinski definition) is 5. The van der Waals surface area contributed by atoms with Crippen LogP contribution in [-0.2, 0) is 14.3 Å². The third-order valence-electron chi connectivity index (χ3n) is 4.16. The van der Waals surface area contributed by atoms with Crippen molar-refractivity contribution in [3.05, 3.63) is 36.0 Å². The van der Waals surface area contributed by atoms with E-state index in [9.17, 15) is 14.4 Å². The first-order valence-corrected chi connectivity index (χ1v) is 10.1. The van der Waals surface area contributed by atoms with E-state index in [0.717, 1.165) is 0 Å². The van der Waals surface area contributed by atoms with Crippen LogP contribution in [0.25, 0.3) is 10.9 Å². The smallest absolute Gasteiger partial charge is 0.418 e. The van der Waals surface area contributed by atoms with Crippen LogP contribution >= 0.6 is 0 Å². The molecule has 1 aromatic carbocycles. The largest absolute Gasteiger partial charge is 0.458 e. The number of aromatic nitrogens is 1. The standard InChI is InChI=1S/C23H32N2O5/c1-14(2)18(20(27)29-22(3,4)5)24-19(26)16-9-10-17-15(13-16)11-12-25(17)21(28)30-23(6,7)8/h9-14,18H,1-8H3,(H,24,26)/t18-/m0/s1. The Hall–Kier alpha value is -2.83. The molecule has 0 aliphatic rings. The molecule has 0 fully saturated rings. The van der Waals surface area contributed by atoms with Gasteiger partial charge < -0.3 is 14.8 Å². The molecule has 0 saturated carbocycles. The number of nitrogens with zero attached hydrogens (tertiary/aromatic N) is 1. The molecular weight excluding hydrogens is 384 g/mol. The lowest BCUT2D eigenvalue weighted by Crippen LogP contribution is -2.47. The topological polar surface area (TPSA) is 86.6 Å². The summed E-state index contributed by atoms with van der Waals surface area (Å²) in [7, 11) is 0. The van der Waals surface area contributed by atoms with Crippen LogP contribution in [0.4, 0.5) is 4.79 Å². The number of benzene rings is 1. The lowest BCUT2D eigenvalue weighted by Gasteiger charge is -2.26. The van der Waals surface area contributed by atoms with Gasteiger partial charge in [0.1, 0.15) is 17.2 Å². The van der Waals surface area contributed by atoms with E-state index in [2.05, 4.69) is 5.32 Å². The third-order valence-corrected chi connectivity index (χ3v) is 4.16. The van der Waals surface area contributed by atoms with E-state index in [4.69, 9.17) is 9.47 Å². The Labute approximate surface area is 177 Å². The molecule has 1 aromatic heterocycles. The molecule has 7 heteroatoms. The Morgan fingerprint density at radius 3 is 2.07 bits per heavy atom. The predicted octanol–water partition coefficient (Wildman–Crippen LogP) is 4.52. The number of carbonyl (C=O) groups is 3. The van der Waals surface area contributed by atoms with E-state index in [1.165, 1.54) is 4.57 Å². The van der Waals surface area contributed by atoms with Gasteiger partial charge in [0.25, 0.3) is 5.91 Å². The van der Waals surface area contributed by atoms with Gasteiger partial charge in [-0.15, -0.1) is 0 Å². The van der Waals surface area contributed by atoms with Crippen LogP contribution in [0.15, 0.2) is 30.5 Å². The number of nitrogens with one attached hydrogen (secondary N) is 1. The summed E-state index contributed by atoms with van der Waals surface area (Å²) in [6.45, 7) is 14.4. The maximum absolute atomic E-state index is 12.8. The summed E-state index contributed by atoms with van der Waals surface area (Å²) in [4.78, 5) is 37.6. The fourth-order valence-electron chi connectivity index (χ4n) is 2.84. The number of ether oxygens (including phenoxy) is 2. The second-order valence-corrected chi connectivity index (χ2v) is 9.67. The molecule has 0 spiro atoms. The first kappa shape index (κ1) is 23.4. The number of rotatable bonds is 4. The van der Waals surface area contributed by atoms with Crippen molar-refractivity contribution in [3.63, 3.8) is 0 Å². The average molecular weight is 417 g/mol. The molecule has 1 N–H and O–H groups in total.